The maximum atomic E-state index is 12.4. The summed E-state index contributed by atoms with van der Waals surface area (Å²) in [6.45, 7) is 2.75. The first-order chi connectivity index (χ1) is 9.77. The van der Waals surface area contributed by atoms with Crippen LogP contribution in [0.25, 0.3) is 0 Å². The summed E-state index contributed by atoms with van der Waals surface area (Å²) in [5, 5.41) is 9.32. The van der Waals surface area contributed by atoms with E-state index in [1.165, 1.54) is 6.42 Å². The molecule has 4 heteroatoms. The number of esters is 1. The summed E-state index contributed by atoms with van der Waals surface area (Å²) in [6.07, 6.45) is 3.36. The third-order valence-electron chi connectivity index (χ3n) is 3.86. The quantitative estimate of drug-likeness (QED) is 0.776. The average Bonchev–Trinajstić information content (AvgIpc) is 2.39. The van der Waals surface area contributed by atoms with Crippen molar-refractivity contribution in [3.05, 3.63) is 35.9 Å². The van der Waals surface area contributed by atoms with Gasteiger partial charge in [-0.3, -0.25) is 4.90 Å². The third-order valence-corrected chi connectivity index (χ3v) is 3.86. The number of carbonyl (C=O) groups is 1. The van der Waals surface area contributed by atoms with Crippen molar-refractivity contribution in [2.24, 2.45) is 0 Å². The van der Waals surface area contributed by atoms with Crippen LogP contribution in [-0.2, 0) is 9.53 Å². The van der Waals surface area contributed by atoms with Gasteiger partial charge >= 0.3 is 5.97 Å². The van der Waals surface area contributed by atoms with Gasteiger partial charge in [0.1, 0.15) is 6.04 Å². The Morgan fingerprint density at radius 2 is 2.10 bits per heavy atom. The lowest BCUT2D eigenvalue weighted by atomic mass is 9.89. The number of benzene rings is 1. The number of rotatable bonds is 7. The first kappa shape index (κ1) is 15.0. The van der Waals surface area contributed by atoms with Crippen LogP contribution in [0, 0.1) is 0 Å². The first-order valence-corrected chi connectivity index (χ1v) is 7.36. The van der Waals surface area contributed by atoms with Crippen molar-refractivity contribution in [1.29, 1.82) is 0 Å². The highest BCUT2D eigenvalue weighted by molar-refractivity contribution is 5.77. The molecule has 0 heterocycles. The van der Waals surface area contributed by atoms with Gasteiger partial charge in [0.05, 0.1) is 13.2 Å². The Balaban J connectivity index is 2.25. The fourth-order valence-corrected chi connectivity index (χ4v) is 2.68. The summed E-state index contributed by atoms with van der Waals surface area (Å²) in [5.41, 5.74) is 0.936. The SMILES string of the molecule is CCOC(=O)C(c1ccccc1)N(CCO)C1CCC1. The first-order valence-electron chi connectivity index (χ1n) is 7.36. The maximum absolute atomic E-state index is 12.4. The van der Waals surface area contributed by atoms with Crippen molar-refractivity contribution in [2.75, 3.05) is 19.8 Å². The molecule has 1 aromatic carbocycles. The van der Waals surface area contributed by atoms with Gasteiger partial charge in [0.15, 0.2) is 0 Å². The molecule has 1 fully saturated rings. The number of aliphatic hydroxyl groups is 1. The topological polar surface area (TPSA) is 49.8 Å². The van der Waals surface area contributed by atoms with Crippen LogP contribution in [0.5, 0.6) is 0 Å². The van der Waals surface area contributed by atoms with Gasteiger partial charge in [-0.1, -0.05) is 36.8 Å². The molecule has 4 nitrogen and oxygen atoms in total. The molecule has 1 N–H and O–H groups in total. The molecule has 1 atom stereocenters. The monoisotopic (exact) mass is 277 g/mol. The van der Waals surface area contributed by atoms with Crippen molar-refractivity contribution in [3.63, 3.8) is 0 Å². The number of hydrogen-bond acceptors (Lipinski definition) is 4. The second-order valence-electron chi connectivity index (χ2n) is 5.11. The van der Waals surface area contributed by atoms with E-state index in [9.17, 15) is 9.90 Å². The summed E-state index contributed by atoms with van der Waals surface area (Å²) in [5.74, 6) is -0.223. The molecule has 1 unspecified atom stereocenters. The molecule has 0 aliphatic heterocycles. The highest BCUT2D eigenvalue weighted by atomic mass is 16.5. The Hall–Kier alpha value is -1.39. The fourth-order valence-electron chi connectivity index (χ4n) is 2.68. The Kier molecular flexibility index (Phi) is 5.56. The number of ether oxygens (including phenoxy) is 1. The van der Waals surface area contributed by atoms with Gasteiger partial charge in [0.2, 0.25) is 0 Å². The minimum Gasteiger partial charge on any atom is -0.465 e. The van der Waals surface area contributed by atoms with E-state index < -0.39 is 6.04 Å². The normalized spacial score (nSPS) is 16.8. The molecule has 20 heavy (non-hydrogen) atoms. The molecule has 110 valence electrons. The predicted molar refractivity (Wildman–Crippen MR) is 77.2 cm³/mol. The smallest absolute Gasteiger partial charge is 0.328 e. The Labute approximate surface area is 120 Å². The summed E-state index contributed by atoms with van der Waals surface area (Å²) >= 11 is 0. The molecule has 0 spiro atoms. The molecule has 1 aromatic rings. The van der Waals surface area contributed by atoms with Gasteiger partial charge in [0, 0.05) is 12.6 Å². The molecular formula is C16H23NO3. The van der Waals surface area contributed by atoms with Crippen molar-refractivity contribution >= 4 is 5.97 Å². The van der Waals surface area contributed by atoms with E-state index in [0.717, 1.165) is 18.4 Å². The second kappa shape index (κ2) is 7.41. The second-order valence-corrected chi connectivity index (χ2v) is 5.11. The summed E-state index contributed by atoms with van der Waals surface area (Å²) in [4.78, 5) is 14.5. The highest BCUT2D eigenvalue weighted by Gasteiger charge is 2.35. The van der Waals surface area contributed by atoms with Gasteiger partial charge in [-0.05, 0) is 25.3 Å². The summed E-state index contributed by atoms with van der Waals surface area (Å²) < 4.78 is 5.24. The number of carbonyl (C=O) groups excluding carboxylic acids is 1. The molecule has 1 saturated carbocycles. The fraction of sp³-hybridized carbons (Fsp3) is 0.562. The van der Waals surface area contributed by atoms with Gasteiger partial charge < -0.3 is 9.84 Å². The molecule has 0 radical (unpaired) electrons. The highest BCUT2D eigenvalue weighted by Crippen LogP contribution is 2.32. The van der Waals surface area contributed by atoms with Crippen LogP contribution in [-0.4, -0.2) is 41.8 Å². The molecule has 1 aliphatic carbocycles. The van der Waals surface area contributed by atoms with Crippen LogP contribution in [0.4, 0.5) is 0 Å². The number of hydrogen-bond donors (Lipinski definition) is 1. The third kappa shape index (κ3) is 3.38. The van der Waals surface area contributed by atoms with E-state index in [0.29, 0.717) is 19.2 Å². The van der Waals surface area contributed by atoms with Crippen LogP contribution in [0.1, 0.15) is 37.8 Å². The molecule has 2 rings (SSSR count). The molecule has 1 aliphatic rings. The van der Waals surface area contributed by atoms with Gasteiger partial charge in [0.25, 0.3) is 0 Å². The molecule has 0 amide bonds. The number of nitrogens with zero attached hydrogens (tertiary/aromatic N) is 1. The Morgan fingerprint density at radius 1 is 1.40 bits per heavy atom. The van der Waals surface area contributed by atoms with Crippen LogP contribution < -0.4 is 0 Å². The molecule has 0 saturated heterocycles. The van der Waals surface area contributed by atoms with Crippen molar-refractivity contribution in [1.82, 2.24) is 4.90 Å². The minimum absolute atomic E-state index is 0.0548. The summed E-state index contributed by atoms with van der Waals surface area (Å²) in [7, 11) is 0. The van der Waals surface area contributed by atoms with E-state index in [1.54, 1.807) is 0 Å². The van der Waals surface area contributed by atoms with E-state index in [-0.39, 0.29) is 12.6 Å². The average molecular weight is 277 g/mol. The van der Waals surface area contributed by atoms with Crippen LogP contribution >= 0.6 is 0 Å². The maximum Gasteiger partial charge on any atom is 0.328 e. The molecule has 0 bridgehead atoms. The summed E-state index contributed by atoms with van der Waals surface area (Å²) in [6, 6.07) is 9.66. The van der Waals surface area contributed by atoms with Crippen molar-refractivity contribution < 1.29 is 14.6 Å². The molecular weight excluding hydrogens is 254 g/mol. The van der Waals surface area contributed by atoms with Crippen LogP contribution in [0.2, 0.25) is 0 Å². The van der Waals surface area contributed by atoms with Gasteiger partial charge in [-0.25, -0.2) is 4.79 Å². The zero-order chi connectivity index (χ0) is 14.4. The van der Waals surface area contributed by atoms with Crippen LogP contribution in [0.3, 0.4) is 0 Å². The van der Waals surface area contributed by atoms with Crippen LogP contribution in [0.15, 0.2) is 30.3 Å². The lowest BCUT2D eigenvalue weighted by Gasteiger charge is -2.41. The van der Waals surface area contributed by atoms with Gasteiger partial charge in [-0.2, -0.15) is 0 Å². The Bertz CT molecular complexity index is 417. The zero-order valence-electron chi connectivity index (χ0n) is 12.0. The van der Waals surface area contributed by atoms with Crippen molar-refractivity contribution in [3.8, 4) is 0 Å². The van der Waals surface area contributed by atoms with E-state index in [1.807, 2.05) is 37.3 Å². The van der Waals surface area contributed by atoms with E-state index in [2.05, 4.69) is 4.90 Å². The lowest BCUT2D eigenvalue weighted by Crippen LogP contribution is -2.47. The lowest BCUT2D eigenvalue weighted by molar-refractivity contribution is -0.152. The van der Waals surface area contributed by atoms with E-state index in [4.69, 9.17) is 4.74 Å². The zero-order valence-corrected chi connectivity index (χ0v) is 12.0. The van der Waals surface area contributed by atoms with E-state index >= 15 is 0 Å². The Morgan fingerprint density at radius 3 is 2.60 bits per heavy atom. The molecule has 0 aromatic heterocycles. The minimum atomic E-state index is -0.409. The largest absolute Gasteiger partial charge is 0.465 e. The number of aliphatic hydroxyl groups excluding tert-OH is 1. The van der Waals surface area contributed by atoms with Crippen molar-refractivity contribution in [2.45, 2.75) is 38.3 Å². The predicted octanol–water partition coefficient (Wildman–Crippen LogP) is 2.14. The van der Waals surface area contributed by atoms with Gasteiger partial charge in [-0.15, -0.1) is 0 Å². The standard InChI is InChI=1S/C16H23NO3/c1-2-20-16(19)15(13-7-4-3-5-8-13)17(11-12-18)14-9-6-10-14/h3-5,7-8,14-15,18H,2,6,9-12H2,1H3.